The number of esters is 1. The molecule has 0 radical (unpaired) electrons. The van der Waals surface area contributed by atoms with Gasteiger partial charge in [-0.05, 0) is 38.1 Å². The average Bonchev–Trinajstić information content (AvgIpc) is 3.09. The van der Waals surface area contributed by atoms with E-state index in [4.69, 9.17) is 16.3 Å². The number of rotatable bonds is 7. The van der Waals surface area contributed by atoms with Crippen molar-refractivity contribution in [2.45, 2.75) is 18.7 Å². The van der Waals surface area contributed by atoms with Crippen LogP contribution in [0.15, 0.2) is 29.2 Å². The monoisotopic (exact) mass is 486 g/mol. The minimum Gasteiger partial charge on any atom is -0.462 e. The molecule has 2 heterocycles. The van der Waals surface area contributed by atoms with E-state index in [1.165, 1.54) is 16.4 Å². The Labute approximate surface area is 190 Å². The number of benzene rings is 1. The van der Waals surface area contributed by atoms with Gasteiger partial charge in [0, 0.05) is 31.2 Å². The lowest BCUT2D eigenvalue weighted by Crippen LogP contribution is -2.50. The molecule has 1 saturated heterocycles. The summed E-state index contributed by atoms with van der Waals surface area (Å²) < 4.78 is 31.9. The van der Waals surface area contributed by atoms with Gasteiger partial charge in [-0.25, -0.2) is 18.2 Å². The molecular weight excluding hydrogens is 464 g/mol. The fourth-order valence-corrected chi connectivity index (χ4v) is 5.51. The van der Waals surface area contributed by atoms with Crippen molar-refractivity contribution in [3.63, 3.8) is 0 Å². The third kappa shape index (κ3) is 5.80. The molecule has 31 heavy (non-hydrogen) atoms. The molecule has 3 rings (SSSR count). The summed E-state index contributed by atoms with van der Waals surface area (Å²) >= 11 is 6.90. The molecule has 0 unspecified atom stereocenters. The molecule has 2 aromatic rings. The smallest absolute Gasteiger partial charge is 0.350 e. The Morgan fingerprint density at radius 1 is 1.19 bits per heavy atom. The first kappa shape index (κ1) is 23.6. The van der Waals surface area contributed by atoms with E-state index in [0.717, 1.165) is 11.3 Å². The van der Waals surface area contributed by atoms with Crippen LogP contribution in [0.4, 0.5) is 5.13 Å². The third-order valence-corrected chi connectivity index (χ3v) is 7.87. The quantitative estimate of drug-likeness (QED) is 0.597. The second-order valence-corrected chi connectivity index (χ2v) is 10.2. The Hall–Kier alpha value is -2.05. The summed E-state index contributed by atoms with van der Waals surface area (Å²) in [5.74, 6) is -0.741. The van der Waals surface area contributed by atoms with E-state index >= 15 is 0 Å². The van der Waals surface area contributed by atoms with Gasteiger partial charge >= 0.3 is 5.97 Å². The molecule has 0 bridgehead atoms. The number of carbonyl (C=O) groups excluding carboxylic acids is 2. The Morgan fingerprint density at radius 3 is 2.45 bits per heavy atom. The van der Waals surface area contributed by atoms with Gasteiger partial charge in [-0.3, -0.25) is 9.69 Å². The molecule has 9 nitrogen and oxygen atoms in total. The summed E-state index contributed by atoms with van der Waals surface area (Å²) in [4.78, 5) is 30.9. The van der Waals surface area contributed by atoms with Crippen LogP contribution < -0.4 is 5.32 Å². The number of halogens is 1. The number of piperazine rings is 1. The van der Waals surface area contributed by atoms with Gasteiger partial charge in [0.05, 0.1) is 23.7 Å². The van der Waals surface area contributed by atoms with Crippen LogP contribution >= 0.6 is 22.9 Å². The number of thiazole rings is 1. The highest BCUT2D eigenvalue weighted by molar-refractivity contribution is 7.89. The van der Waals surface area contributed by atoms with Crippen LogP contribution in [-0.4, -0.2) is 73.8 Å². The van der Waals surface area contributed by atoms with E-state index in [-0.39, 0.29) is 37.0 Å². The highest BCUT2D eigenvalue weighted by atomic mass is 35.5. The number of aryl methyl sites for hydroxylation is 1. The predicted octanol–water partition coefficient (Wildman–Crippen LogP) is 2.23. The maximum Gasteiger partial charge on any atom is 0.350 e. The van der Waals surface area contributed by atoms with Gasteiger partial charge < -0.3 is 10.1 Å². The molecule has 168 valence electrons. The van der Waals surface area contributed by atoms with Crippen molar-refractivity contribution in [3.05, 3.63) is 39.9 Å². The Morgan fingerprint density at radius 2 is 1.84 bits per heavy atom. The zero-order valence-corrected chi connectivity index (χ0v) is 19.5. The first-order valence-corrected chi connectivity index (χ1v) is 12.3. The molecule has 0 atom stereocenters. The van der Waals surface area contributed by atoms with E-state index in [0.29, 0.717) is 33.8 Å². The van der Waals surface area contributed by atoms with E-state index in [9.17, 15) is 18.0 Å². The van der Waals surface area contributed by atoms with Crippen molar-refractivity contribution in [1.29, 1.82) is 0 Å². The van der Waals surface area contributed by atoms with Gasteiger partial charge in [0.15, 0.2) is 5.13 Å². The van der Waals surface area contributed by atoms with E-state index < -0.39 is 16.0 Å². The number of carbonyl (C=O) groups is 2. The summed E-state index contributed by atoms with van der Waals surface area (Å²) in [6.07, 6.45) is 0. The molecule has 1 aromatic heterocycles. The van der Waals surface area contributed by atoms with Crippen molar-refractivity contribution in [3.8, 4) is 0 Å². The number of anilines is 1. The van der Waals surface area contributed by atoms with Gasteiger partial charge in [0.2, 0.25) is 15.9 Å². The summed E-state index contributed by atoms with van der Waals surface area (Å²) in [6.45, 7) is 5.16. The average molecular weight is 487 g/mol. The summed E-state index contributed by atoms with van der Waals surface area (Å²) in [5.41, 5.74) is 0.500. The van der Waals surface area contributed by atoms with Crippen LogP contribution in [0.3, 0.4) is 0 Å². The molecule has 1 fully saturated rings. The highest BCUT2D eigenvalue weighted by Crippen LogP contribution is 2.24. The van der Waals surface area contributed by atoms with E-state index in [1.807, 2.05) is 4.90 Å². The zero-order chi connectivity index (χ0) is 22.6. The lowest BCUT2D eigenvalue weighted by atomic mass is 10.3. The van der Waals surface area contributed by atoms with Gasteiger partial charge in [-0.1, -0.05) is 22.9 Å². The van der Waals surface area contributed by atoms with Crippen LogP contribution in [0.2, 0.25) is 5.02 Å². The summed E-state index contributed by atoms with van der Waals surface area (Å²) in [6, 6.07) is 6.06. The van der Waals surface area contributed by atoms with Gasteiger partial charge in [0.1, 0.15) is 4.88 Å². The molecular formula is C19H23ClN4O5S2. The lowest BCUT2D eigenvalue weighted by molar-refractivity contribution is -0.117. The second-order valence-electron chi connectivity index (χ2n) is 6.84. The molecule has 0 saturated carbocycles. The van der Waals surface area contributed by atoms with Gasteiger partial charge in [-0.2, -0.15) is 4.31 Å². The predicted molar refractivity (Wildman–Crippen MR) is 118 cm³/mol. The molecule has 0 spiro atoms. The van der Waals surface area contributed by atoms with Crippen LogP contribution in [-0.2, 0) is 19.6 Å². The highest BCUT2D eigenvalue weighted by Gasteiger charge is 2.29. The third-order valence-electron chi connectivity index (χ3n) is 4.65. The molecule has 1 aromatic carbocycles. The van der Waals surface area contributed by atoms with Crippen molar-refractivity contribution in [1.82, 2.24) is 14.2 Å². The maximum atomic E-state index is 12.7. The first-order chi connectivity index (χ1) is 14.7. The lowest BCUT2D eigenvalue weighted by Gasteiger charge is -2.33. The number of nitrogens with one attached hydrogen (secondary N) is 1. The van der Waals surface area contributed by atoms with E-state index in [1.54, 1.807) is 26.0 Å². The van der Waals surface area contributed by atoms with Crippen molar-refractivity contribution >= 4 is 50.0 Å². The zero-order valence-electron chi connectivity index (χ0n) is 17.1. The van der Waals surface area contributed by atoms with Crippen LogP contribution in [0.5, 0.6) is 0 Å². The molecule has 1 amide bonds. The largest absolute Gasteiger partial charge is 0.462 e. The fourth-order valence-electron chi connectivity index (χ4n) is 3.08. The number of hydrogen-bond donors (Lipinski definition) is 1. The van der Waals surface area contributed by atoms with E-state index in [2.05, 4.69) is 10.3 Å². The minimum absolute atomic E-state index is 0.0994. The number of sulfonamides is 1. The minimum atomic E-state index is -3.60. The number of amides is 1. The van der Waals surface area contributed by atoms with Crippen LogP contribution in [0, 0.1) is 6.92 Å². The van der Waals surface area contributed by atoms with Gasteiger partial charge in [-0.15, -0.1) is 0 Å². The normalized spacial score (nSPS) is 15.6. The number of nitrogens with zero attached hydrogens (tertiary/aromatic N) is 3. The van der Waals surface area contributed by atoms with Crippen molar-refractivity contribution in [2.75, 3.05) is 44.6 Å². The van der Waals surface area contributed by atoms with Crippen LogP contribution in [0.1, 0.15) is 22.3 Å². The summed E-state index contributed by atoms with van der Waals surface area (Å²) in [5, 5.41) is 3.49. The molecule has 0 aliphatic carbocycles. The number of ether oxygens (including phenoxy) is 1. The SMILES string of the molecule is CCOC(=O)c1sc(NC(=O)CN2CCN(S(=O)(=O)c3ccc(Cl)cc3)CC2)nc1C. The molecule has 12 heteroatoms. The first-order valence-electron chi connectivity index (χ1n) is 9.63. The standard InChI is InChI=1S/C19H23ClN4O5S2/c1-3-29-18(26)17-13(2)21-19(30-17)22-16(25)12-23-8-10-24(11-9-23)31(27,28)15-6-4-14(20)5-7-15/h4-7H,3,8-12H2,1-2H3,(H,21,22,25). The fraction of sp³-hybridized carbons (Fsp3) is 0.421. The Balaban J connectivity index is 1.53. The molecule has 1 N–H and O–H groups in total. The second kappa shape index (κ2) is 10.0. The van der Waals surface area contributed by atoms with Crippen molar-refractivity contribution in [2.24, 2.45) is 0 Å². The number of aromatic nitrogens is 1. The van der Waals surface area contributed by atoms with Crippen molar-refractivity contribution < 1.29 is 22.7 Å². The topological polar surface area (TPSA) is 109 Å². The number of hydrogen-bond acceptors (Lipinski definition) is 8. The Bertz CT molecular complexity index is 1050. The molecule has 1 aliphatic rings. The Kier molecular flexibility index (Phi) is 7.65. The van der Waals surface area contributed by atoms with Crippen LogP contribution in [0.25, 0.3) is 0 Å². The maximum absolute atomic E-state index is 12.7. The molecule has 1 aliphatic heterocycles. The van der Waals surface area contributed by atoms with Gasteiger partial charge in [0.25, 0.3) is 0 Å². The summed E-state index contributed by atoms with van der Waals surface area (Å²) in [7, 11) is -3.60.